The Kier molecular flexibility index (Phi) is 5.58. The van der Waals surface area contributed by atoms with Crippen molar-refractivity contribution in [1.82, 2.24) is 10.2 Å². The first-order chi connectivity index (χ1) is 14.0. The summed E-state index contributed by atoms with van der Waals surface area (Å²) < 4.78 is 5.89. The number of rotatable bonds is 6. The summed E-state index contributed by atoms with van der Waals surface area (Å²) in [6, 6.07) is 13.8. The summed E-state index contributed by atoms with van der Waals surface area (Å²) in [7, 11) is 2.01. The van der Waals surface area contributed by atoms with E-state index in [1.165, 1.54) is 5.56 Å². The molecule has 1 amide bonds. The third kappa shape index (κ3) is 4.15. The molecule has 152 valence electrons. The molecular weight excluding hydrogens is 364 g/mol. The zero-order chi connectivity index (χ0) is 20.4. The van der Waals surface area contributed by atoms with E-state index in [0.717, 1.165) is 43.2 Å². The second-order valence-electron chi connectivity index (χ2n) is 8.08. The van der Waals surface area contributed by atoms with Gasteiger partial charge in [0.1, 0.15) is 17.1 Å². The lowest BCUT2D eigenvalue weighted by Gasteiger charge is -2.19. The van der Waals surface area contributed by atoms with Gasteiger partial charge in [-0.05, 0) is 44.5 Å². The van der Waals surface area contributed by atoms with E-state index >= 15 is 0 Å². The number of phenols is 1. The third-order valence-electron chi connectivity index (χ3n) is 5.76. The van der Waals surface area contributed by atoms with Crippen LogP contribution in [0, 0.1) is 6.92 Å². The number of hydrogen-bond acceptors (Lipinski definition) is 4. The van der Waals surface area contributed by atoms with Crippen molar-refractivity contribution in [3.05, 3.63) is 64.9 Å². The topological polar surface area (TPSA) is 65.7 Å². The Balaban J connectivity index is 1.65. The van der Waals surface area contributed by atoms with Gasteiger partial charge in [0.15, 0.2) is 0 Å². The Morgan fingerprint density at radius 2 is 1.86 bits per heavy atom. The number of nitrogens with one attached hydrogen (secondary N) is 1. The Labute approximate surface area is 171 Å². The van der Waals surface area contributed by atoms with Crippen molar-refractivity contribution in [2.75, 3.05) is 7.05 Å². The molecule has 1 aliphatic rings. The standard InChI is InChI=1S/C24H28N2O3/c1-16-22(24(28)25-18-10-6-7-11-18)23-19(20(27)12-13-21(23)29-16)15-26(2)14-17-8-4-3-5-9-17/h3-5,8-9,12-13,18,27H,6-7,10-11,14-15H2,1-2H3,(H,25,28). The van der Waals surface area contributed by atoms with Crippen LogP contribution in [0.4, 0.5) is 0 Å². The number of benzene rings is 2. The first kappa shape index (κ1) is 19.5. The van der Waals surface area contributed by atoms with Crippen molar-refractivity contribution in [3.8, 4) is 5.75 Å². The largest absolute Gasteiger partial charge is 0.508 e. The molecule has 1 heterocycles. The van der Waals surface area contributed by atoms with E-state index in [2.05, 4.69) is 22.3 Å². The van der Waals surface area contributed by atoms with Crippen LogP contribution in [0.15, 0.2) is 46.9 Å². The van der Waals surface area contributed by atoms with Gasteiger partial charge in [-0.15, -0.1) is 0 Å². The number of aromatic hydroxyl groups is 1. The molecule has 1 saturated carbocycles. The number of phenolic OH excluding ortho intramolecular Hbond substituents is 1. The Hall–Kier alpha value is -2.79. The number of aryl methyl sites for hydroxylation is 1. The maximum Gasteiger partial charge on any atom is 0.255 e. The fraction of sp³-hybridized carbons (Fsp3) is 0.375. The third-order valence-corrected chi connectivity index (χ3v) is 5.76. The van der Waals surface area contributed by atoms with Gasteiger partial charge >= 0.3 is 0 Å². The Morgan fingerprint density at radius 3 is 2.59 bits per heavy atom. The Morgan fingerprint density at radius 1 is 1.14 bits per heavy atom. The van der Waals surface area contributed by atoms with Gasteiger partial charge in [-0.2, -0.15) is 0 Å². The number of furan rings is 1. The molecule has 0 aliphatic heterocycles. The summed E-state index contributed by atoms with van der Waals surface area (Å²) in [5.41, 5.74) is 3.12. The number of nitrogens with zero attached hydrogens (tertiary/aromatic N) is 1. The highest BCUT2D eigenvalue weighted by Gasteiger charge is 2.26. The molecule has 2 N–H and O–H groups in total. The highest BCUT2D eigenvalue weighted by molar-refractivity contribution is 6.09. The average molecular weight is 392 g/mol. The lowest BCUT2D eigenvalue weighted by Crippen LogP contribution is -2.33. The van der Waals surface area contributed by atoms with E-state index in [-0.39, 0.29) is 17.7 Å². The van der Waals surface area contributed by atoms with Crippen LogP contribution in [0.5, 0.6) is 5.75 Å². The molecule has 1 aliphatic carbocycles. The van der Waals surface area contributed by atoms with Gasteiger partial charge in [0.2, 0.25) is 0 Å². The van der Waals surface area contributed by atoms with Crippen molar-refractivity contribution >= 4 is 16.9 Å². The number of hydrogen-bond donors (Lipinski definition) is 2. The second kappa shape index (κ2) is 8.29. The van der Waals surface area contributed by atoms with Gasteiger partial charge < -0.3 is 14.8 Å². The summed E-state index contributed by atoms with van der Waals surface area (Å²) in [6.45, 7) is 3.08. The van der Waals surface area contributed by atoms with Gasteiger partial charge in [-0.1, -0.05) is 43.2 Å². The van der Waals surface area contributed by atoms with E-state index in [1.807, 2.05) is 32.2 Å². The molecule has 3 aromatic rings. The number of carbonyl (C=O) groups excluding carboxylic acids is 1. The van der Waals surface area contributed by atoms with Crippen molar-refractivity contribution in [3.63, 3.8) is 0 Å². The van der Waals surface area contributed by atoms with Crippen molar-refractivity contribution in [1.29, 1.82) is 0 Å². The molecule has 0 bridgehead atoms. The van der Waals surface area contributed by atoms with Gasteiger partial charge in [0.25, 0.3) is 5.91 Å². The first-order valence-corrected chi connectivity index (χ1v) is 10.3. The zero-order valence-electron chi connectivity index (χ0n) is 17.1. The Bertz CT molecular complexity index is 1000. The highest BCUT2D eigenvalue weighted by atomic mass is 16.3. The molecule has 1 fully saturated rings. The van der Waals surface area contributed by atoms with Gasteiger partial charge in [0.05, 0.1) is 5.56 Å². The molecule has 2 aromatic carbocycles. The second-order valence-corrected chi connectivity index (χ2v) is 8.08. The van der Waals surface area contributed by atoms with Crippen molar-refractivity contribution < 1.29 is 14.3 Å². The molecular formula is C24H28N2O3. The number of fused-ring (bicyclic) bond motifs is 1. The maximum absolute atomic E-state index is 13.1. The van der Waals surface area contributed by atoms with Gasteiger partial charge in [-0.25, -0.2) is 0 Å². The zero-order valence-corrected chi connectivity index (χ0v) is 17.1. The van der Waals surface area contributed by atoms with Crippen LogP contribution < -0.4 is 5.32 Å². The van der Waals surface area contributed by atoms with Crippen LogP contribution in [0.25, 0.3) is 11.0 Å². The van der Waals surface area contributed by atoms with Crippen LogP contribution in [0.2, 0.25) is 0 Å². The minimum atomic E-state index is -0.106. The summed E-state index contributed by atoms with van der Waals surface area (Å²) in [6.07, 6.45) is 4.37. The molecule has 0 saturated heterocycles. The predicted molar refractivity (Wildman–Crippen MR) is 114 cm³/mol. The quantitative estimate of drug-likeness (QED) is 0.635. The minimum Gasteiger partial charge on any atom is -0.508 e. The summed E-state index contributed by atoms with van der Waals surface area (Å²) in [5.74, 6) is 0.673. The van der Waals surface area contributed by atoms with Crippen LogP contribution in [-0.2, 0) is 13.1 Å². The van der Waals surface area contributed by atoms with E-state index < -0.39 is 0 Å². The molecule has 0 atom stereocenters. The summed E-state index contributed by atoms with van der Waals surface area (Å²) in [4.78, 5) is 15.2. The summed E-state index contributed by atoms with van der Waals surface area (Å²) in [5, 5.41) is 14.5. The van der Waals surface area contributed by atoms with Gasteiger partial charge in [-0.3, -0.25) is 9.69 Å². The van der Waals surface area contributed by atoms with E-state index in [4.69, 9.17) is 4.42 Å². The lowest BCUT2D eigenvalue weighted by atomic mass is 10.0. The van der Waals surface area contributed by atoms with Gasteiger partial charge in [0, 0.05) is 30.1 Å². The van der Waals surface area contributed by atoms with Crippen molar-refractivity contribution in [2.45, 2.75) is 51.7 Å². The lowest BCUT2D eigenvalue weighted by molar-refractivity contribution is 0.0937. The fourth-order valence-corrected chi connectivity index (χ4v) is 4.35. The number of carbonyl (C=O) groups is 1. The molecule has 0 spiro atoms. The van der Waals surface area contributed by atoms with Crippen LogP contribution in [0.1, 0.15) is 52.9 Å². The minimum absolute atomic E-state index is 0.106. The SMILES string of the molecule is Cc1oc2ccc(O)c(CN(C)Cc3ccccc3)c2c1C(=O)NC1CCCC1. The van der Waals surface area contributed by atoms with E-state index in [0.29, 0.717) is 23.5 Å². The van der Waals surface area contributed by atoms with Crippen LogP contribution >= 0.6 is 0 Å². The van der Waals surface area contributed by atoms with Crippen LogP contribution in [0.3, 0.4) is 0 Å². The average Bonchev–Trinajstić information content (AvgIpc) is 3.32. The molecule has 5 heteroatoms. The fourth-order valence-electron chi connectivity index (χ4n) is 4.35. The molecule has 5 nitrogen and oxygen atoms in total. The first-order valence-electron chi connectivity index (χ1n) is 10.3. The van der Waals surface area contributed by atoms with Crippen molar-refractivity contribution in [2.24, 2.45) is 0 Å². The number of amides is 1. The highest BCUT2D eigenvalue weighted by Crippen LogP contribution is 2.35. The van der Waals surface area contributed by atoms with E-state index in [1.54, 1.807) is 12.1 Å². The molecule has 0 radical (unpaired) electrons. The monoisotopic (exact) mass is 392 g/mol. The molecule has 1 aromatic heterocycles. The molecule has 0 unspecified atom stereocenters. The smallest absolute Gasteiger partial charge is 0.255 e. The van der Waals surface area contributed by atoms with E-state index in [9.17, 15) is 9.90 Å². The maximum atomic E-state index is 13.1. The molecule has 4 rings (SSSR count). The van der Waals surface area contributed by atoms with Crippen LogP contribution in [-0.4, -0.2) is 29.0 Å². The predicted octanol–water partition coefficient (Wildman–Crippen LogP) is 4.75. The normalized spacial score (nSPS) is 14.7. The molecule has 29 heavy (non-hydrogen) atoms. The summed E-state index contributed by atoms with van der Waals surface area (Å²) >= 11 is 0.